The van der Waals surface area contributed by atoms with E-state index in [-0.39, 0.29) is 5.91 Å². The highest BCUT2D eigenvalue weighted by atomic mass is 35.5. The number of carbonyl (C=O) groups is 1. The molecule has 0 aliphatic carbocycles. The fourth-order valence-corrected chi connectivity index (χ4v) is 3.73. The molecule has 2 aromatic rings. The summed E-state index contributed by atoms with van der Waals surface area (Å²) >= 11 is 19.7. The van der Waals surface area contributed by atoms with Crippen LogP contribution in [0, 0.1) is 0 Å². The molecule has 1 N–H and O–H groups in total. The normalized spacial score (nSPS) is 11.8. The summed E-state index contributed by atoms with van der Waals surface area (Å²) in [5.41, 5.74) is 0.918. The molecule has 2 aromatic carbocycles. The highest BCUT2D eigenvalue weighted by Crippen LogP contribution is 2.28. The summed E-state index contributed by atoms with van der Waals surface area (Å²) in [6, 6.07) is 12.4. The van der Waals surface area contributed by atoms with Gasteiger partial charge >= 0.3 is 0 Å². The number of benzene rings is 2. The monoisotopic (exact) mass is 417 g/mol. The lowest BCUT2D eigenvalue weighted by Gasteiger charge is -2.14. The third kappa shape index (κ3) is 6.63. The van der Waals surface area contributed by atoms with E-state index < -0.39 is 6.10 Å². The molecular weight excluding hydrogens is 401 g/mol. The first kappa shape index (κ1) is 20.2. The van der Waals surface area contributed by atoms with E-state index in [1.807, 2.05) is 18.2 Å². The van der Waals surface area contributed by atoms with Crippen molar-refractivity contribution in [3.05, 3.63) is 63.1 Å². The zero-order valence-electron chi connectivity index (χ0n) is 13.6. The molecule has 134 valence electrons. The number of nitrogens with one attached hydrogen (secondary N) is 1. The van der Waals surface area contributed by atoms with Crippen LogP contribution in [-0.2, 0) is 10.5 Å². The molecule has 7 heteroatoms. The van der Waals surface area contributed by atoms with E-state index in [4.69, 9.17) is 39.5 Å². The van der Waals surface area contributed by atoms with Gasteiger partial charge in [-0.15, -0.1) is 0 Å². The van der Waals surface area contributed by atoms with Crippen molar-refractivity contribution in [2.45, 2.75) is 18.8 Å². The van der Waals surface area contributed by atoms with E-state index in [0.29, 0.717) is 33.1 Å². The highest BCUT2D eigenvalue weighted by Gasteiger charge is 2.14. The van der Waals surface area contributed by atoms with Crippen molar-refractivity contribution in [1.82, 2.24) is 5.32 Å². The summed E-state index contributed by atoms with van der Waals surface area (Å²) in [6.07, 6.45) is -0.579. The van der Waals surface area contributed by atoms with Gasteiger partial charge in [0.25, 0.3) is 5.91 Å². The Morgan fingerprint density at radius 2 is 1.76 bits per heavy atom. The second-order valence-corrected chi connectivity index (χ2v) is 7.61. The Hall–Kier alpha value is -1.07. The van der Waals surface area contributed by atoms with Crippen LogP contribution in [0.2, 0.25) is 15.1 Å². The fourth-order valence-electron chi connectivity index (χ4n) is 2.01. The minimum atomic E-state index is -0.579. The van der Waals surface area contributed by atoms with Gasteiger partial charge in [-0.05, 0) is 48.9 Å². The van der Waals surface area contributed by atoms with Crippen LogP contribution in [-0.4, -0.2) is 24.3 Å². The summed E-state index contributed by atoms with van der Waals surface area (Å²) in [5.74, 6) is 1.90. The molecule has 0 heterocycles. The Bertz CT molecular complexity index is 690. The Labute approximate surface area is 167 Å². The van der Waals surface area contributed by atoms with E-state index >= 15 is 0 Å². The summed E-state index contributed by atoms with van der Waals surface area (Å²) < 4.78 is 5.58. The molecule has 25 heavy (non-hydrogen) atoms. The van der Waals surface area contributed by atoms with Crippen LogP contribution in [0.15, 0.2) is 42.5 Å². The predicted molar refractivity (Wildman–Crippen MR) is 107 cm³/mol. The summed E-state index contributed by atoms with van der Waals surface area (Å²) in [6.45, 7) is 2.25. The first-order valence-corrected chi connectivity index (χ1v) is 9.97. The molecule has 0 unspecified atom stereocenters. The molecule has 0 saturated heterocycles. The van der Waals surface area contributed by atoms with Crippen LogP contribution in [0.1, 0.15) is 12.5 Å². The standard InChI is InChI=1S/C18H18Cl3NO2S/c1-12(24-14-7-5-13(19)6-8-14)18(23)22-9-10-25-11-15-16(20)3-2-4-17(15)21/h2-8,12H,9-11H2,1H3,(H,22,23)/t12-/m0/s1. The second kappa shape index (κ2) is 10.2. The smallest absolute Gasteiger partial charge is 0.260 e. The van der Waals surface area contributed by atoms with Gasteiger partial charge in [0.1, 0.15) is 5.75 Å². The van der Waals surface area contributed by atoms with Crippen molar-refractivity contribution in [3.63, 3.8) is 0 Å². The molecule has 0 bridgehead atoms. The quantitative estimate of drug-likeness (QED) is 0.578. The fraction of sp³-hybridized carbons (Fsp3) is 0.278. The van der Waals surface area contributed by atoms with Gasteiger partial charge in [0.15, 0.2) is 6.10 Å². The van der Waals surface area contributed by atoms with E-state index in [2.05, 4.69) is 5.32 Å². The van der Waals surface area contributed by atoms with Crippen LogP contribution < -0.4 is 10.1 Å². The molecule has 1 amide bonds. The third-order valence-corrected chi connectivity index (χ3v) is 5.30. The lowest BCUT2D eigenvalue weighted by Crippen LogP contribution is -2.37. The summed E-state index contributed by atoms with van der Waals surface area (Å²) in [7, 11) is 0. The number of hydrogen-bond donors (Lipinski definition) is 1. The number of carbonyl (C=O) groups excluding carboxylic acids is 1. The maximum absolute atomic E-state index is 12.0. The first-order chi connectivity index (χ1) is 12.0. The lowest BCUT2D eigenvalue weighted by atomic mass is 10.2. The Balaban J connectivity index is 1.68. The minimum absolute atomic E-state index is 0.161. The van der Waals surface area contributed by atoms with Crippen molar-refractivity contribution in [1.29, 1.82) is 0 Å². The van der Waals surface area contributed by atoms with Gasteiger partial charge in [0.2, 0.25) is 0 Å². The van der Waals surface area contributed by atoms with Gasteiger partial charge in [-0.1, -0.05) is 40.9 Å². The maximum atomic E-state index is 12.0. The molecule has 0 fully saturated rings. The maximum Gasteiger partial charge on any atom is 0.260 e. The minimum Gasteiger partial charge on any atom is -0.481 e. The van der Waals surface area contributed by atoms with Gasteiger partial charge in [0, 0.05) is 33.1 Å². The molecule has 0 spiro atoms. The zero-order valence-corrected chi connectivity index (χ0v) is 16.7. The molecule has 0 aliphatic rings. The van der Waals surface area contributed by atoms with Gasteiger partial charge in [-0.3, -0.25) is 4.79 Å². The largest absolute Gasteiger partial charge is 0.481 e. The van der Waals surface area contributed by atoms with Gasteiger partial charge < -0.3 is 10.1 Å². The van der Waals surface area contributed by atoms with E-state index in [0.717, 1.165) is 11.3 Å². The first-order valence-electron chi connectivity index (χ1n) is 7.68. The molecule has 2 rings (SSSR count). The van der Waals surface area contributed by atoms with Crippen molar-refractivity contribution >= 4 is 52.5 Å². The summed E-state index contributed by atoms with van der Waals surface area (Å²) in [4.78, 5) is 12.0. The van der Waals surface area contributed by atoms with Crippen molar-refractivity contribution in [3.8, 4) is 5.75 Å². The predicted octanol–water partition coefficient (Wildman–Crippen LogP) is 5.46. The summed E-state index contributed by atoms with van der Waals surface area (Å²) in [5, 5.41) is 4.80. The molecule has 0 aliphatic heterocycles. The van der Waals surface area contributed by atoms with E-state index in [1.54, 1.807) is 43.0 Å². The number of rotatable bonds is 8. The Morgan fingerprint density at radius 3 is 2.40 bits per heavy atom. The average molecular weight is 419 g/mol. The molecule has 0 aromatic heterocycles. The molecule has 0 radical (unpaired) electrons. The van der Waals surface area contributed by atoms with Crippen molar-refractivity contribution in [2.24, 2.45) is 0 Å². The number of amides is 1. The molecule has 3 nitrogen and oxygen atoms in total. The van der Waals surface area contributed by atoms with Crippen molar-refractivity contribution < 1.29 is 9.53 Å². The van der Waals surface area contributed by atoms with Crippen LogP contribution >= 0.6 is 46.6 Å². The number of hydrogen-bond acceptors (Lipinski definition) is 3. The second-order valence-electron chi connectivity index (χ2n) is 5.26. The van der Waals surface area contributed by atoms with Crippen LogP contribution in [0.5, 0.6) is 5.75 Å². The number of ether oxygens (including phenoxy) is 1. The van der Waals surface area contributed by atoms with Crippen molar-refractivity contribution in [2.75, 3.05) is 12.3 Å². The molecule has 1 atom stereocenters. The number of halogens is 3. The molecule has 0 saturated carbocycles. The Kier molecular flexibility index (Phi) is 8.24. The van der Waals surface area contributed by atoms with Gasteiger partial charge in [0.05, 0.1) is 0 Å². The Morgan fingerprint density at radius 1 is 1.12 bits per heavy atom. The SMILES string of the molecule is C[C@H](Oc1ccc(Cl)cc1)C(=O)NCCSCc1c(Cl)cccc1Cl. The van der Waals surface area contributed by atoms with Crippen LogP contribution in [0.25, 0.3) is 0 Å². The third-order valence-electron chi connectivity index (χ3n) is 3.35. The van der Waals surface area contributed by atoms with E-state index in [9.17, 15) is 4.79 Å². The van der Waals surface area contributed by atoms with Gasteiger partial charge in [-0.2, -0.15) is 11.8 Å². The van der Waals surface area contributed by atoms with E-state index in [1.165, 1.54) is 0 Å². The highest BCUT2D eigenvalue weighted by molar-refractivity contribution is 7.98. The van der Waals surface area contributed by atoms with Gasteiger partial charge in [-0.25, -0.2) is 0 Å². The lowest BCUT2D eigenvalue weighted by molar-refractivity contribution is -0.127. The zero-order chi connectivity index (χ0) is 18.2. The van der Waals surface area contributed by atoms with Crippen LogP contribution in [0.4, 0.5) is 0 Å². The average Bonchev–Trinajstić information content (AvgIpc) is 2.58. The molecular formula is C18H18Cl3NO2S. The topological polar surface area (TPSA) is 38.3 Å². The number of thioether (sulfide) groups is 1. The van der Waals surface area contributed by atoms with Crippen LogP contribution in [0.3, 0.4) is 0 Å².